The Labute approximate surface area is 133 Å². The summed E-state index contributed by atoms with van der Waals surface area (Å²) in [6.45, 7) is 0. The van der Waals surface area contributed by atoms with E-state index in [1.165, 1.54) is 0 Å². The van der Waals surface area contributed by atoms with Crippen LogP contribution in [0.3, 0.4) is 0 Å². The zero-order chi connectivity index (χ0) is 16.6. The lowest BCUT2D eigenvalue weighted by atomic mass is 9.93. The zero-order valence-electron chi connectivity index (χ0n) is 10.9. The van der Waals surface area contributed by atoms with E-state index in [1.54, 1.807) is 0 Å². The first kappa shape index (κ1) is 17.0. The van der Waals surface area contributed by atoms with Crippen molar-refractivity contribution in [3.8, 4) is 0 Å². The summed E-state index contributed by atoms with van der Waals surface area (Å²) in [5.41, 5.74) is 10.7. The smallest absolute Gasteiger partial charge is 0.142 e. The molecule has 0 saturated carbocycles. The minimum atomic E-state index is -1.43. The first-order valence-corrected chi connectivity index (χ1v) is 6.79. The Bertz CT molecular complexity index is 663. The van der Waals surface area contributed by atoms with Crippen LogP contribution in [0.1, 0.15) is 23.2 Å². The van der Waals surface area contributed by atoms with Crippen LogP contribution in [0.5, 0.6) is 0 Å². The van der Waals surface area contributed by atoms with Gasteiger partial charge in [-0.3, -0.25) is 0 Å². The molecular formula is C14H10Cl2F4N2. The fourth-order valence-electron chi connectivity index (χ4n) is 2.06. The molecule has 0 bridgehead atoms. The van der Waals surface area contributed by atoms with E-state index < -0.39 is 56.5 Å². The minimum absolute atomic E-state index is 0.436. The molecule has 0 aliphatic rings. The maximum Gasteiger partial charge on any atom is 0.142 e. The quantitative estimate of drug-likeness (QED) is 0.640. The summed E-state index contributed by atoms with van der Waals surface area (Å²) in [6, 6.07) is 0.387. The van der Waals surface area contributed by atoms with Gasteiger partial charge in [-0.25, -0.2) is 17.6 Å². The fraction of sp³-hybridized carbons (Fsp3) is 0.143. The molecule has 4 N–H and O–H groups in total. The van der Waals surface area contributed by atoms with Crippen LogP contribution in [0, 0.1) is 23.3 Å². The van der Waals surface area contributed by atoms with Crippen molar-refractivity contribution in [1.29, 1.82) is 0 Å². The average molecular weight is 353 g/mol. The van der Waals surface area contributed by atoms with Gasteiger partial charge in [-0.2, -0.15) is 0 Å². The van der Waals surface area contributed by atoms with Crippen molar-refractivity contribution in [2.75, 3.05) is 0 Å². The van der Waals surface area contributed by atoms with Gasteiger partial charge in [-0.05, 0) is 24.3 Å². The Hall–Kier alpha value is -1.34. The Morgan fingerprint density at radius 3 is 1.23 bits per heavy atom. The Balaban J connectivity index is 2.54. The van der Waals surface area contributed by atoms with Crippen molar-refractivity contribution in [2.45, 2.75) is 12.1 Å². The number of hydrogen-bond donors (Lipinski definition) is 2. The predicted octanol–water partition coefficient (Wildman–Crippen LogP) is 4.25. The molecule has 0 aliphatic carbocycles. The normalized spacial score (nSPS) is 14.0. The van der Waals surface area contributed by atoms with Gasteiger partial charge in [0, 0.05) is 11.1 Å². The Morgan fingerprint density at radius 2 is 0.909 bits per heavy atom. The number of halogens is 6. The number of rotatable bonds is 3. The van der Waals surface area contributed by atoms with Crippen molar-refractivity contribution >= 4 is 23.2 Å². The first-order chi connectivity index (χ1) is 10.3. The molecule has 8 heteroatoms. The summed E-state index contributed by atoms with van der Waals surface area (Å²) in [7, 11) is 0. The van der Waals surface area contributed by atoms with Crippen LogP contribution in [0.4, 0.5) is 17.6 Å². The van der Waals surface area contributed by atoms with Gasteiger partial charge < -0.3 is 11.5 Å². The third-order valence-electron chi connectivity index (χ3n) is 3.21. The molecule has 0 aliphatic heterocycles. The molecule has 0 radical (unpaired) electrons. The van der Waals surface area contributed by atoms with Gasteiger partial charge in [-0.15, -0.1) is 0 Å². The van der Waals surface area contributed by atoms with Crippen LogP contribution < -0.4 is 11.5 Å². The second kappa shape index (κ2) is 6.42. The molecule has 2 aromatic carbocycles. The molecule has 0 heterocycles. The van der Waals surface area contributed by atoms with E-state index in [9.17, 15) is 17.6 Å². The number of nitrogens with two attached hydrogens (primary N) is 2. The Kier molecular flexibility index (Phi) is 4.97. The number of hydrogen-bond acceptors (Lipinski definition) is 2. The molecule has 2 atom stereocenters. The molecule has 0 amide bonds. The summed E-state index contributed by atoms with van der Waals surface area (Å²) in [4.78, 5) is 0. The zero-order valence-corrected chi connectivity index (χ0v) is 12.4. The topological polar surface area (TPSA) is 52.0 Å². The van der Waals surface area contributed by atoms with E-state index in [0.29, 0.717) is 0 Å². The SMILES string of the molecule is NC(c1c(F)ccc(F)c1Cl)C(N)c1c(F)ccc(F)c1Cl. The summed E-state index contributed by atoms with van der Waals surface area (Å²) in [6.07, 6.45) is 0. The first-order valence-electron chi connectivity index (χ1n) is 6.03. The molecule has 118 valence electrons. The van der Waals surface area contributed by atoms with Crippen LogP contribution in [-0.2, 0) is 0 Å². The molecule has 22 heavy (non-hydrogen) atoms. The Morgan fingerprint density at radius 1 is 0.636 bits per heavy atom. The average Bonchev–Trinajstić information content (AvgIpc) is 2.47. The van der Waals surface area contributed by atoms with E-state index >= 15 is 0 Å². The van der Waals surface area contributed by atoms with Gasteiger partial charge in [0.05, 0.1) is 22.1 Å². The molecule has 0 saturated heterocycles. The van der Waals surface area contributed by atoms with Gasteiger partial charge in [-0.1, -0.05) is 23.2 Å². The van der Waals surface area contributed by atoms with Gasteiger partial charge in [0.15, 0.2) is 0 Å². The second-order valence-corrected chi connectivity index (χ2v) is 5.32. The van der Waals surface area contributed by atoms with Crippen molar-refractivity contribution in [2.24, 2.45) is 11.5 Å². The maximum absolute atomic E-state index is 13.8. The lowest BCUT2D eigenvalue weighted by Crippen LogP contribution is -2.29. The lowest BCUT2D eigenvalue weighted by molar-refractivity contribution is 0.492. The third kappa shape index (κ3) is 2.92. The van der Waals surface area contributed by atoms with Gasteiger partial charge in [0.1, 0.15) is 23.3 Å². The highest BCUT2D eigenvalue weighted by Gasteiger charge is 2.29. The predicted molar refractivity (Wildman–Crippen MR) is 76.6 cm³/mol. The minimum Gasteiger partial charge on any atom is -0.322 e. The standard InChI is InChI=1S/C14H10Cl2F4N2/c15-11-7(19)3-1-5(17)9(11)13(21)14(22)10-6(18)2-4-8(20)12(10)16/h1-4,13-14H,21-22H2. The van der Waals surface area contributed by atoms with Crippen LogP contribution >= 0.6 is 23.2 Å². The summed E-state index contributed by atoms with van der Waals surface area (Å²) < 4.78 is 54.6. The van der Waals surface area contributed by atoms with Crippen molar-refractivity contribution < 1.29 is 17.6 Å². The van der Waals surface area contributed by atoms with E-state index in [-0.39, 0.29) is 0 Å². The van der Waals surface area contributed by atoms with E-state index in [1.807, 2.05) is 0 Å². The van der Waals surface area contributed by atoms with E-state index in [4.69, 9.17) is 34.7 Å². The van der Waals surface area contributed by atoms with Crippen molar-refractivity contribution in [1.82, 2.24) is 0 Å². The lowest BCUT2D eigenvalue weighted by Gasteiger charge is -2.23. The molecular weight excluding hydrogens is 343 g/mol. The van der Waals surface area contributed by atoms with Gasteiger partial charge in [0.2, 0.25) is 0 Å². The highest BCUT2D eigenvalue weighted by molar-refractivity contribution is 6.32. The molecule has 0 aromatic heterocycles. The van der Waals surface area contributed by atoms with Gasteiger partial charge >= 0.3 is 0 Å². The van der Waals surface area contributed by atoms with E-state index in [0.717, 1.165) is 24.3 Å². The summed E-state index contributed by atoms with van der Waals surface area (Å²) in [5, 5.41) is -1.15. The molecule has 2 unspecified atom stereocenters. The third-order valence-corrected chi connectivity index (χ3v) is 3.98. The highest BCUT2D eigenvalue weighted by atomic mass is 35.5. The molecule has 2 aromatic rings. The van der Waals surface area contributed by atoms with Crippen LogP contribution in [-0.4, -0.2) is 0 Å². The second-order valence-electron chi connectivity index (χ2n) is 4.57. The largest absolute Gasteiger partial charge is 0.322 e. The van der Waals surface area contributed by atoms with Crippen LogP contribution in [0.2, 0.25) is 10.0 Å². The molecule has 2 rings (SSSR count). The highest BCUT2D eigenvalue weighted by Crippen LogP contribution is 2.37. The molecule has 0 fully saturated rings. The molecule has 2 nitrogen and oxygen atoms in total. The monoisotopic (exact) mass is 352 g/mol. The van der Waals surface area contributed by atoms with Crippen molar-refractivity contribution in [3.63, 3.8) is 0 Å². The fourth-order valence-corrected chi connectivity index (χ4v) is 2.61. The van der Waals surface area contributed by atoms with Crippen molar-refractivity contribution in [3.05, 3.63) is 68.7 Å². The van der Waals surface area contributed by atoms with Crippen LogP contribution in [0.15, 0.2) is 24.3 Å². The van der Waals surface area contributed by atoms with Gasteiger partial charge in [0.25, 0.3) is 0 Å². The summed E-state index contributed by atoms with van der Waals surface area (Å²) >= 11 is 11.4. The maximum atomic E-state index is 13.8. The number of benzene rings is 2. The van der Waals surface area contributed by atoms with Crippen LogP contribution in [0.25, 0.3) is 0 Å². The summed E-state index contributed by atoms with van der Waals surface area (Å²) in [5.74, 6) is -3.65. The van der Waals surface area contributed by atoms with E-state index in [2.05, 4.69) is 0 Å². The molecule has 0 spiro atoms.